The van der Waals surface area contributed by atoms with Crippen molar-refractivity contribution in [1.82, 2.24) is 5.43 Å². The van der Waals surface area contributed by atoms with Gasteiger partial charge in [-0.2, -0.15) is 5.10 Å². The molecule has 1 aliphatic rings. The first-order chi connectivity index (χ1) is 14.6. The van der Waals surface area contributed by atoms with Gasteiger partial charge in [0.15, 0.2) is 0 Å². The Morgan fingerprint density at radius 2 is 1.94 bits per heavy atom. The van der Waals surface area contributed by atoms with Crippen LogP contribution in [0.25, 0.3) is 5.57 Å². The summed E-state index contributed by atoms with van der Waals surface area (Å²) < 4.78 is 0. The summed E-state index contributed by atoms with van der Waals surface area (Å²) in [5, 5.41) is 14.8. The number of benzene rings is 2. The Hall–Kier alpha value is -3.13. The van der Waals surface area contributed by atoms with Crippen molar-refractivity contribution in [3.05, 3.63) is 69.3 Å². The van der Waals surface area contributed by atoms with E-state index >= 15 is 0 Å². The molecule has 8 heteroatoms. The quantitative estimate of drug-likeness (QED) is 0.304. The Kier molecular flexibility index (Phi) is 6.50. The number of nitrogens with zero attached hydrogens (tertiary/aromatic N) is 3. The van der Waals surface area contributed by atoms with Crippen LogP contribution in [-0.2, 0) is 4.79 Å². The largest absolute Gasteiger partial charge is 0.365 e. The molecule has 7 nitrogen and oxygen atoms in total. The molecule has 3 rings (SSSR count). The zero-order chi connectivity index (χ0) is 22.8. The molecular formula is C23H26N4O3S. The maximum Gasteiger partial charge on any atom is 0.269 e. The van der Waals surface area contributed by atoms with Crippen molar-refractivity contribution in [2.75, 3.05) is 17.7 Å². The minimum atomic E-state index is -0.450. The molecule has 0 aromatic heterocycles. The number of amides is 1. The summed E-state index contributed by atoms with van der Waals surface area (Å²) in [4.78, 5) is 25.4. The second kappa shape index (κ2) is 8.93. The highest BCUT2D eigenvalue weighted by atomic mass is 32.2. The van der Waals surface area contributed by atoms with Crippen molar-refractivity contribution in [3.8, 4) is 0 Å². The van der Waals surface area contributed by atoms with E-state index in [-0.39, 0.29) is 22.9 Å². The molecule has 0 aliphatic carbocycles. The third kappa shape index (κ3) is 5.14. The summed E-state index contributed by atoms with van der Waals surface area (Å²) in [5.41, 5.74) is 8.12. The van der Waals surface area contributed by atoms with Crippen molar-refractivity contribution in [3.63, 3.8) is 0 Å². The molecule has 1 amide bonds. The molecule has 1 aliphatic heterocycles. The maximum atomic E-state index is 12.1. The summed E-state index contributed by atoms with van der Waals surface area (Å²) >= 11 is 1.30. The van der Waals surface area contributed by atoms with Gasteiger partial charge in [-0.25, -0.2) is 5.43 Å². The lowest BCUT2D eigenvalue weighted by atomic mass is 9.87. The molecule has 31 heavy (non-hydrogen) atoms. The van der Waals surface area contributed by atoms with Crippen molar-refractivity contribution >= 4 is 40.8 Å². The first-order valence-electron chi connectivity index (χ1n) is 9.86. The second-order valence-electron chi connectivity index (χ2n) is 8.10. The number of anilines is 1. The fourth-order valence-corrected chi connectivity index (χ4v) is 4.17. The van der Waals surface area contributed by atoms with E-state index in [0.717, 1.165) is 21.6 Å². The van der Waals surface area contributed by atoms with Gasteiger partial charge in [0, 0.05) is 35.3 Å². The van der Waals surface area contributed by atoms with E-state index in [1.807, 2.05) is 6.92 Å². The summed E-state index contributed by atoms with van der Waals surface area (Å²) in [6, 6.07) is 10.4. The van der Waals surface area contributed by atoms with Gasteiger partial charge >= 0.3 is 0 Å². The average molecular weight is 439 g/mol. The molecule has 162 valence electrons. The van der Waals surface area contributed by atoms with E-state index < -0.39 is 4.92 Å². The number of allylic oxidation sites excluding steroid dienone is 1. The van der Waals surface area contributed by atoms with Crippen LogP contribution in [-0.4, -0.2) is 35.4 Å². The minimum absolute atomic E-state index is 0.0265. The first kappa shape index (κ1) is 22.6. The zero-order valence-corrected chi connectivity index (χ0v) is 19.1. The second-order valence-corrected chi connectivity index (χ2v) is 9.15. The van der Waals surface area contributed by atoms with Gasteiger partial charge in [-0.15, -0.1) is 11.8 Å². The van der Waals surface area contributed by atoms with Crippen LogP contribution in [0.1, 0.15) is 37.5 Å². The Morgan fingerprint density at radius 1 is 1.26 bits per heavy atom. The molecule has 1 N–H and O–H groups in total. The Labute approximate surface area is 186 Å². The molecule has 1 heterocycles. The normalized spacial score (nSPS) is 14.9. The fraction of sp³-hybridized carbons (Fsp3) is 0.304. The number of hydrazone groups is 1. The highest BCUT2D eigenvalue weighted by Gasteiger charge is 2.28. The number of hydrogen-bond donors (Lipinski definition) is 1. The molecule has 2 aromatic carbocycles. The van der Waals surface area contributed by atoms with Gasteiger partial charge in [0.1, 0.15) is 0 Å². The highest BCUT2D eigenvalue weighted by Crippen LogP contribution is 2.38. The number of carbonyl (C=O) groups excluding carboxylic acids is 1. The van der Waals surface area contributed by atoms with Crippen LogP contribution in [0.4, 0.5) is 11.4 Å². The fourth-order valence-electron chi connectivity index (χ4n) is 3.48. The van der Waals surface area contributed by atoms with E-state index in [0.29, 0.717) is 0 Å². The molecule has 2 aromatic rings. The van der Waals surface area contributed by atoms with Crippen LogP contribution in [0, 0.1) is 17.0 Å². The van der Waals surface area contributed by atoms with Crippen molar-refractivity contribution in [2.24, 2.45) is 5.10 Å². The number of aryl methyl sites for hydroxylation is 1. The van der Waals surface area contributed by atoms with Crippen molar-refractivity contribution in [1.29, 1.82) is 0 Å². The van der Waals surface area contributed by atoms with E-state index in [1.165, 1.54) is 35.2 Å². The van der Waals surface area contributed by atoms with Crippen LogP contribution >= 0.6 is 11.8 Å². The highest BCUT2D eigenvalue weighted by molar-refractivity contribution is 8.00. The third-order valence-corrected chi connectivity index (χ3v) is 6.43. The van der Waals surface area contributed by atoms with E-state index in [1.54, 1.807) is 18.3 Å². The van der Waals surface area contributed by atoms with Crippen LogP contribution in [0.3, 0.4) is 0 Å². The van der Waals surface area contributed by atoms with Crippen molar-refractivity contribution in [2.45, 2.75) is 38.1 Å². The maximum absolute atomic E-state index is 12.1. The minimum Gasteiger partial charge on any atom is -0.365 e. The molecular weight excluding hydrogens is 412 g/mol. The SMILES string of the molecule is CC1=CC(C)(C)N(C)c2cc(C)c(/C=N/NC(=O)CSc3ccc([N+](=O)[O-])cc3)cc21. The molecule has 0 bridgehead atoms. The van der Waals surface area contributed by atoms with Crippen LogP contribution in [0.5, 0.6) is 0 Å². The first-order valence-corrected chi connectivity index (χ1v) is 10.8. The predicted octanol–water partition coefficient (Wildman–Crippen LogP) is 4.78. The Balaban J connectivity index is 1.63. The standard InChI is InChI=1S/C23H26N4O3S/c1-15-10-21-20(16(2)12-23(3,4)26(21)5)11-17(15)13-24-25-22(28)14-31-19-8-6-18(7-9-19)27(29)30/h6-13H,14H2,1-5H3,(H,25,28)/b24-13+. The van der Waals surface area contributed by atoms with Gasteiger partial charge < -0.3 is 4.90 Å². The van der Waals surface area contributed by atoms with Gasteiger partial charge in [-0.3, -0.25) is 14.9 Å². The molecule has 0 unspecified atom stereocenters. The number of nitro benzene ring substituents is 1. The Morgan fingerprint density at radius 3 is 2.58 bits per heavy atom. The lowest BCUT2D eigenvalue weighted by Gasteiger charge is -2.41. The molecule has 0 atom stereocenters. The van der Waals surface area contributed by atoms with Gasteiger partial charge in [0.05, 0.1) is 22.4 Å². The lowest BCUT2D eigenvalue weighted by molar-refractivity contribution is -0.384. The summed E-state index contributed by atoms with van der Waals surface area (Å²) in [6.45, 7) is 8.52. The molecule has 0 fully saturated rings. The van der Waals surface area contributed by atoms with E-state index in [4.69, 9.17) is 0 Å². The molecule has 0 radical (unpaired) electrons. The summed E-state index contributed by atoms with van der Waals surface area (Å²) in [6.07, 6.45) is 3.92. The third-order valence-electron chi connectivity index (χ3n) is 5.42. The van der Waals surface area contributed by atoms with Gasteiger partial charge in [-0.05, 0) is 68.7 Å². The topological polar surface area (TPSA) is 87.8 Å². The molecule has 0 saturated heterocycles. The lowest BCUT2D eigenvalue weighted by Crippen LogP contribution is -2.42. The number of fused-ring (bicyclic) bond motifs is 1. The smallest absolute Gasteiger partial charge is 0.269 e. The zero-order valence-electron chi connectivity index (χ0n) is 18.3. The van der Waals surface area contributed by atoms with Crippen LogP contribution in [0.15, 0.2) is 52.5 Å². The number of nitro groups is 1. The molecule has 0 saturated carbocycles. The van der Waals surface area contributed by atoms with Gasteiger partial charge in [0.2, 0.25) is 5.91 Å². The van der Waals surface area contributed by atoms with Crippen LogP contribution < -0.4 is 10.3 Å². The van der Waals surface area contributed by atoms with E-state index in [9.17, 15) is 14.9 Å². The van der Waals surface area contributed by atoms with E-state index in [2.05, 4.69) is 61.5 Å². The predicted molar refractivity (Wildman–Crippen MR) is 127 cm³/mol. The number of hydrogen-bond acceptors (Lipinski definition) is 6. The summed E-state index contributed by atoms with van der Waals surface area (Å²) in [7, 11) is 2.10. The number of non-ortho nitro benzene ring substituents is 1. The Bertz CT molecular complexity index is 1070. The average Bonchev–Trinajstić information content (AvgIpc) is 2.71. The summed E-state index contributed by atoms with van der Waals surface area (Å²) in [5.74, 6) is -0.0761. The number of likely N-dealkylation sites (N-methyl/N-ethyl adjacent to an activating group) is 1. The number of rotatable bonds is 6. The molecule has 0 spiro atoms. The van der Waals surface area contributed by atoms with Gasteiger partial charge in [-0.1, -0.05) is 6.08 Å². The number of nitrogens with one attached hydrogen (secondary N) is 1. The number of thioether (sulfide) groups is 1. The monoisotopic (exact) mass is 438 g/mol. The van der Waals surface area contributed by atoms with Crippen molar-refractivity contribution < 1.29 is 9.72 Å². The number of carbonyl (C=O) groups is 1. The van der Waals surface area contributed by atoms with Gasteiger partial charge in [0.25, 0.3) is 5.69 Å². The van der Waals surface area contributed by atoms with Crippen LogP contribution in [0.2, 0.25) is 0 Å².